The third-order valence-corrected chi connectivity index (χ3v) is 6.48. The molecule has 1 fully saturated rings. The van der Waals surface area contributed by atoms with Crippen LogP contribution in [0.2, 0.25) is 0 Å². The second-order valence-corrected chi connectivity index (χ2v) is 9.19. The number of primary sulfonamides is 1. The van der Waals surface area contributed by atoms with Gasteiger partial charge in [0.05, 0.1) is 10.3 Å². The van der Waals surface area contributed by atoms with Gasteiger partial charge in [-0.3, -0.25) is 5.10 Å². The fourth-order valence-corrected chi connectivity index (χ4v) is 4.60. The first-order valence-electron chi connectivity index (χ1n) is 8.85. The van der Waals surface area contributed by atoms with E-state index in [1.54, 1.807) is 12.1 Å². The summed E-state index contributed by atoms with van der Waals surface area (Å²) in [4.78, 5) is 10.8. The molecule has 0 spiro atoms. The molecule has 1 saturated heterocycles. The standard InChI is InChI=1S/C17H20BrN7O2S/c1-10-3-2-6-25(10)13-5-4-12(28(19,26)27)7-11(13)8-20-16-14-15(18)23-24-17(14)22-9-21-16/h4-5,7,9-10H,2-3,6,8H2,1H3,(H2,19,26,27)(H2,20,21,22,23,24). The first kappa shape index (κ1) is 19.1. The second-order valence-electron chi connectivity index (χ2n) is 6.83. The lowest BCUT2D eigenvalue weighted by Gasteiger charge is -2.27. The van der Waals surface area contributed by atoms with Gasteiger partial charge in [-0.05, 0) is 59.5 Å². The molecule has 1 aliphatic heterocycles. The van der Waals surface area contributed by atoms with Crippen molar-refractivity contribution in [1.82, 2.24) is 20.2 Å². The van der Waals surface area contributed by atoms with E-state index in [0.29, 0.717) is 28.7 Å². The second kappa shape index (κ2) is 7.30. The Morgan fingerprint density at radius 1 is 1.39 bits per heavy atom. The Hall–Kier alpha value is -2.24. The van der Waals surface area contributed by atoms with Crippen molar-refractivity contribution in [2.45, 2.75) is 37.2 Å². The highest BCUT2D eigenvalue weighted by atomic mass is 79.9. The van der Waals surface area contributed by atoms with E-state index in [0.717, 1.165) is 36.0 Å². The van der Waals surface area contributed by atoms with Crippen LogP contribution < -0.4 is 15.4 Å². The zero-order chi connectivity index (χ0) is 19.9. The van der Waals surface area contributed by atoms with Gasteiger partial charge in [-0.25, -0.2) is 23.5 Å². The summed E-state index contributed by atoms with van der Waals surface area (Å²) in [5, 5.41) is 16.3. The molecular weight excluding hydrogens is 446 g/mol. The predicted molar refractivity (Wildman–Crippen MR) is 111 cm³/mol. The molecule has 0 radical (unpaired) electrons. The van der Waals surface area contributed by atoms with Crippen LogP contribution in [-0.4, -0.2) is 41.2 Å². The SMILES string of the molecule is CC1CCCN1c1ccc(S(N)(=O)=O)cc1CNc1ncnc2n[nH]c(Br)c12. The molecule has 3 heterocycles. The Balaban J connectivity index is 1.71. The smallest absolute Gasteiger partial charge is 0.238 e. The van der Waals surface area contributed by atoms with Crippen molar-refractivity contribution < 1.29 is 8.42 Å². The lowest BCUT2D eigenvalue weighted by molar-refractivity contribution is 0.597. The lowest BCUT2D eigenvalue weighted by Crippen LogP contribution is -2.28. The van der Waals surface area contributed by atoms with Gasteiger partial charge in [-0.1, -0.05) is 0 Å². The number of hydrogen-bond acceptors (Lipinski definition) is 7. The number of aromatic amines is 1. The molecule has 0 bridgehead atoms. The third kappa shape index (κ3) is 3.56. The summed E-state index contributed by atoms with van der Waals surface area (Å²) in [6.07, 6.45) is 3.65. The van der Waals surface area contributed by atoms with Gasteiger partial charge in [0, 0.05) is 24.8 Å². The molecule has 3 aromatic rings. The van der Waals surface area contributed by atoms with Crippen molar-refractivity contribution in [3.63, 3.8) is 0 Å². The van der Waals surface area contributed by atoms with Crippen molar-refractivity contribution in [3.8, 4) is 0 Å². The highest BCUT2D eigenvalue weighted by molar-refractivity contribution is 9.10. The number of anilines is 2. The Bertz CT molecular complexity index is 1130. The number of nitrogens with two attached hydrogens (primary N) is 1. The van der Waals surface area contributed by atoms with E-state index in [1.165, 1.54) is 6.33 Å². The highest BCUT2D eigenvalue weighted by Crippen LogP contribution is 2.32. The van der Waals surface area contributed by atoms with Gasteiger partial charge >= 0.3 is 0 Å². The lowest BCUT2D eigenvalue weighted by atomic mass is 10.1. The fourth-order valence-electron chi connectivity index (χ4n) is 3.59. The number of H-pyrrole nitrogens is 1. The van der Waals surface area contributed by atoms with E-state index in [-0.39, 0.29) is 4.90 Å². The van der Waals surface area contributed by atoms with Crippen molar-refractivity contribution in [2.24, 2.45) is 5.14 Å². The first-order chi connectivity index (χ1) is 13.3. The van der Waals surface area contributed by atoms with Crippen LogP contribution in [0.4, 0.5) is 11.5 Å². The summed E-state index contributed by atoms with van der Waals surface area (Å²) in [5.41, 5.74) is 2.38. The number of hydrogen-bond donors (Lipinski definition) is 3. The summed E-state index contributed by atoms with van der Waals surface area (Å²) in [5.74, 6) is 0.604. The number of rotatable bonds is 5. The maximum atomic E-state index is 11.8. The van der Waals surface area contributed by atoms with Gasteiger partial charge in [-0.2, -0.15) is 5.10 Å². The van der Waals surface area contributed by atoms with Gasteiger partial charge < -0.3 is 10.2 Å². The predicted octanol–water partition coefficient (Wildman–Crippen LogP) is 2.36. The van der Waals surface area contributed by atoms with Gasteiger partial charge in [0.15, 0.2) is 5.65 Å². The normalized spacial score (nSPS) is 17.4. The zero-order valence-corrected chi connectivity index (χ0v) is 17.6. The van der Waals surface area contributed by atoms with E-state index >= 15 is 0 Å². The minimum Gasteiger partial charge on any atom is -0.369 e. The summed E-state index contributed by atoms with van der Waals surface area (Å²) >= 11 is 3.42. The minimum atomic E-state index is -3.79. The van der Waals surface area contributed by atoms with Crippen molar-refractivity contribution in [1.29, 1.82) is 0 Å². The van der Waals surface area contributed by atoms with Crippen molar-refractivity contribution in [2.75, 3.05) is 16.8 Å². The van der Waals surface area contributed by atoms with Crippen LogP contribution in [0.3, 0.4) is 0 Å². The van der Waals surface area contributed by atoms with Crippen LogP contribution >= 0.6 is 15.9 Å². The van der Waals surface area contributed by atoms with Gasteiger partial charge in [0.25, 0.3) is 0 Å². The highest BCUT2D eigenvalue weighted by Gasteiger charge is 2.24. The molecule has 1 aliphatic rings. The van der Waals surface area contributed by atoms with Crippen LogP contribution in [0.25, 0.3) is 11.0 Å². The van der Waals surface area contributed by atoms with E-state index in [4.69, 9.17) is 5.14 Å². The molecule has 0 aliphatic carbocycles. The molecule has 9 nitrogen and oxygen atoms in total. The van der Waals surface area contributed by atoms with Crippen LogP contribution in [0, 0.1) is 0 Å². The summed E-state index contributed by atoms with van der Waals surface area (Å²) in [6, 6.07) is 5.43. The monoisotopic (exact) mass is 465 g/mol. The number of nitrogens with one attached hydrogen (secondary N) is 2. The molecule has 2 aromatic heterocycles. The molecule has 0 amide bonds. The number of fused-ring (bicyclic) bond motifs is 1. The Labute approximate surface area is 170 Å². The van der Waals surface area contributed by atoms with Gasteiger partial charge in [0.1, 0.15) is 16.7 Å². The quantitative estimate of drug-likeness (QED) is 0.526. The van der Waals surface area contributed by atoms with Crippen molar-refractivity contribution in [3.05, 3.63) is 34.7 Å². The number of halogens is 1. The number of aromatic nitrogens is 4. The summed E-state index contributed by atoms with van der Waals surface area (Å²) in [7, 11) is -3.79. The van der Waals surface area contributed by atoms with E-state index in [9.17, 15) is 8.42 Å². The first-order valence-corrected chi connectivity index (χ1v) is 11.2. The van der Waals surface area contributed by atoms with Gasteiger partial charge in [0.2, 0.25) is 10.0 Å². The zero-order valence-electron chi connectivity index (χ0n) is 15.2. The maximum Gasteiger partial charge on any atom is 0.238 e. The number of nitrogens with zero attached hydrogens (tertiary/aromatic N) is 4. The largest absolute Gasteiger partial charge is 0.369 e. The Morgan fingerprint density at radius 3 is 2.93 bits per heavy atom. The Kier molecular flexibility index (Phi) is 4.98. The number of benzene rings is 1. The van der Waals surface area contributed by atoms with Crippen LogP contribution in [-0.2, 0) is 16.6 Å². The molecule has 4 rings (SSSR count). The minimum absolute atomic E-state index is 0.0947. The maximum absolute atomic E-state index is 11.8. The van der Waals surface area contributed by atoms with E-state index < -0.39 is 10.0 Å². The average molecular weight is 466 g/mol. The van der Waals surface area contributed by atoms with E-state index in [1.807, 2.05) is 6.07 Å². The Morgan fingerprint density at radius 2 is 2.21 bits per heavy atom. The molecule has 1 aromatic carbocycles. The van der Waals surface area contributed by atoms with E-state index in [2.05, 4.69) is 53.2 Å². The molecule has 1 unspecified atom stereocenters. The number of sulfonamides is 1. The average Bonchev–Trinajstić information content (AvgIpc) is 3.25. The van der Waals surface area contributed by atoms with Gasteiger partial charge in [-0.15, -0.1) is 0 Å². The third-order valence-electron chi connectivity index (χ3n) is 4.99. The molecule has 28 heavy (non-hydrogen) atoms. The molecule has 1 atom stereocenters. The topological polar surface area (TPSA) is 130 Å². The fraction of sp³-hybridized carbons (Fsp3) is 0.353. The molecule has 11 heteroatoms. The van der Waals surface area contributed by atoms with Crippen LogP contribution in [0.1, 0.15) is 25.3 Å². The van der Waals surface area contributed by atoms with Crippen molar-refractivity contribution >= 4 is 48.5 Å². The molecule has 148 valence electrons. The summed E-state index contributed by atoms with van der Waals surface area (Å²) < 4.78 is 24.4. The van der Waals surface area contributed by atoms with Crippen LogP contribution in [0.5, 0.6) is 0 Å². The molecule has 0 saturated carbocycles. The molecular formula is C17H20BrN7O2S. The van der Waals surface area contributed by atoms with Crippen LogP contribution in [0.15, 0.2) is 34.0 Å². The summed E-state index contributed by atoms with van der Waals surface area (Å²) in [6.45, 7) is 3.49. The molecule has 4 N–H and O–H groups in total.